The first-order valence-electron chi connectivity index (χ1n) is 8.56. The summed E-state index contributed by atoms with van der Waals surface area (Å²) in [5, 5.41) is 12.7. The molecule has 0 saturated carbocycles. The maximum Gasteiger partial charge on any atom is 0.266 e. The van der Waals surface area contributed by atoms with Crippen molar-refractivity contribution >= 4 is 63.5 Å². The van der Waals surface area contributed by atoms with E-state index in [1.165, 1.54) is 34.9 Å². The number of carbonyl (C=O) groups excluding carboxylic acids is 2. The second kappa shape index (κ2) is 9.30. The molecular formula is C20H17ClN2O4S2. The van der Waals surface area contributed by atoms with Gasteiger partial charge in [-0.1, -0.05) is 53.8 Å². The van der Waals surface area contributed by atoms with E-state index in [-0.39, 0.29) is 36.2 Å². The average molecular weight is 449 g/mol. The Morgan fingerprint density at radius 3 is 2.86 bits per heavy atom. The number of amides is 2. The van der Waals surface area contributed by atoms with Crippen LogP contribution in [0.2, 0.25) is 5.02 Å². The summed E-state index contributed by atoms with van der Waals surface area (Å²) in [4.78, 5) is 26.8. The van der Waals surface area contributed by atoms with Crippen molar-refractivity contribution in [3.05, 3.63) is 58.0 Å². The number of phenolic OH excluding ortho intramolecular Hbond substituents is 1. The number of thioether (sulfide) groups is 1. The molecule has 150 valence electrons. The van der Waals surface area contributed by atoms with Gasteiger partial charge in [-0.2, -0.15) is 0 Å². The highest BCUT2D eigenvalue weighted by Gasteiger charge is 2.32. The van der Waals surface area contributed by atoms with Gasteiger partial charge in [0.2, 0.25) is 5.91 Å². The third kappa shape index (κ3) is 5.09. The highest BCUT2D eigenvalue weighted by molar-refractivity contribution is 8.26. The Morgan fingerprint density at radius 2 is 2.10 bits per heavy atom. The van der Waals surface area contributed by atoms with Gasteiger partial charge in [0.25, 0.3) is 5.91 Å². The van der Waals surface area contributed by atoms with Gasteiger partial charge in [-0.05, 0) is 30.3 Å². The highest BCUT2D eigenvalue weighted by atomic mass is 35.5. The van der Waals surface area contributed by atoms with Crippen molar-refractivity contribution in [2.45, 2.75) is 6.42 Å². The van der Waals surface area contributed by atoms with Gasteiger partial charge in [0.05, 0.1) is 17.7 Å². The molecule has 0 radical (unpaired) electrons. The van der Waals surface area contributed by atoms with Crippen molar-refractivity contribution in [1.82, 2.24) is 4.90 Å². The number of anilines is 1. The molecule has 1 fully saturated rings. The topological polar surface area (TPSA) is 78.9 Å². The van der Waals surface area contributed by atoms with Gasteiger partial charge < -0.3 is 15.2 Å². The van der Waals surface area contributed by atoms with E-state index in [9.17, 15) is 14.7 Å². The summed E-state index contributed by atoms with van der Waals surface area (Å²) in [7, 11) is 1.56. The first kappa shape index (κ1) is 21.2. The minimum Gasteiger partial charge on any atom is -0.506 e. The molecule has 0 spiro atoms. The van der Waals surface area contributed by atoms with Crippen LogP contribution >= 0.6 is 35.6 Å². The second-order valence-corrected chi connectivity index (χ2v) is 8.15. The zero-order valence-corrected chi connectivity index (χ0v) is 17.7. The number of carbonyl (C=O) groups is 2. The van der Waals surface area contributed by atoms with Crippen LogP contribution in [0.4, 0.5) is 5.69 Å². The van der Waals surface area contributed by atoms with Crippen LogP contribution in [-0.2, 0) is 9.59 Å². The van der Waals surface area contributed by atoms with Crippen molar-refractivity contribution in [3.8, 4) is 11.5 Å². The monoisotopic (exact) mass is 448 g/mol. The quantitative estimate of drug-likeness (QED) is 0.390. The van der Waals surface area contributed by atoms with E-state index in [4.69, 9.17) is 28.6 Å². The number of thiocarbonyl (C=S) groups is 1. The Bertz CT molecular complexity index is 1010. The van der Waals surface area contributed by atoms with Gasteiger partial charge in [0.15, 0.2) is 0 Å². The second-order valence-electron chi connectivity index (χ2n) is 6.03. The Labute approximate surface area is 182 Å². The Kier molecular flexibility index (Phi) is 6.79. The molecule has 2 aromatic carbocycles. The third-order valence-electron chi connectivity index (χ3n) is 4.09. The summed E-state index contributed by atoms with van der Waals surface area (Å²) < 4.78 is 5.69. The van der Waals surface area contributed by atoms with Crippen LogP contribution in [0.15, 0.2) is 47.4 Å². The molecule has 1 aliphatic rings. The molecule has 6 nitrogen and oxygen atoms in total. The fourth-order valence-corrected chi connectivity index (χ4v) is 4.13. The van der Waals surface area contributed by atoms with Crippen LogP contribution in [0.5, 0.6) is 11.5 Å². The number of nitrogens with zero attached hydrogens (tertiary/aromatic N) is 1. The van der Waals surface area contributed by atoms with Crippen LogP contribution in [0, 0.1) is 0 Å². The average Bonchev–Trinajstić information content (AvgIpc) is 2.96. The van der Waals surface area contributed by atoms with Crippen molar-refractivity contribution in [3.63, 3.8) is 0 Å². The number of hydrogen-bond donors (Lipinski definition) is 2. The first-order chi connectivity index (χ1) is 13.9. The number of halogens is 1. The summed E-state index contributed by atoms with van der Waals surface area (Å²) in [6.07, 6.45) is 1.74. The van der Waals surface area contributed by atoms with Crippen LogP contribution in [0.1, 0.15) is 12.0 Å². The minimum atomic E-state index is -0.370. The fourth-order valence-electron chi connectivity index (χ4n) is 2.65. The maximum atomic E-state index is 12.7. The maximum absolute atomic E-state index is 12.7. The number of aromatic hydroxyl groups is 1. The van der Waals surface area contributed by atoms with Crippen molar-refractivity contribution in [2.24, 2.45) is 0 Å². The molecule has 9 heteroatoms. The van der Waals surface area contributed by atoms with E-state index in [0.29, 0.717) is 20.0 Å². The van der Waals surface area contributed by atoms with Crippen molar-refractivity contribution in [2.75, 3.05) is 19.0 Å². The Morgan fingerprint density at radius 1 is 1.34 bits per heavy atom. The molecule has 0 aliphatic carbocycles. The van der Waals surface area contributed by atoms with Gasteiger partial charge in [0.1, 0.15) is 15.8 Å². The lowest BCUT2D eigenvalue weighted by Gasteiger charge is -2.14. The Hall–Kier alpha value is -2.55. The molecule has 3 rings (SSSR count). The predicted molar refractivity (Wildman–Crippen MR) is 119 cm³/mol. The summed E-state index contributed by atoms with van der Waals surface area (Å²) >= 11 is 12.4. The van der Waals surface area contributed by atoms with E-state index in [2.05, 4.69) is 5.32 Å². The van der Waals surface area contributed by atoms with Crippen molar-refractivity contribution < 1.29 is 19.4 Å². The third-order valence-corrected chi connectivity index (χ3v) is 5.71. The molecule has 1 aliphatic heterocycles. The highest BCUT2D eigenvalue weighted by Crippen LogP contribution is 2.34. The van der Waals surface area contributed by atoms with E-state index in [1.807, 2.05) is 24.3 Å². The molecule has 0 bridgehead atoms. The fraction of sp³-hybridized carbons (Fsp3) is 0.150. The molecular weight excluding hydrogens is 432 g/mol. The van der Waals surface area contributed by atoms with Gasteiger partial charge >= 0.3 is 0 Å². The van der Waals surface area contributed by atoms with Gasteiger partial charge in [-0.3, -0.25) is 14.5 Å². The summed E-state index contributed by atoms with van der Waals surface area (Å²) in [6, 6.07) is 11.7. The lowest BCUT2D eigenvalue weighted by atomic mass is 10.2. The minimum absolute atomic E-state index is 0.0142. The Balaban J connectivity index is 1.65. The molecule has 0 atom stereocenters. The summed E-state index contributed by atoms with van der Waals surface area (Å²) in [5.41, 5.74) is 0.980. The number of ether oxygens (including phenoxy) is 1. The van der Waals surface area contributed by atoms with Crippen LogP contribution in [0.3, 0.4) is 0 Å². The van der Waals surface area contributed by atoms with Crippen LogP contribution < -0.4 is 10.1 Å². The smallest absolute Gasteiger partial charge is 0.266 e. The zero-order valence-electron chi connectivity index (χ0n) is 15.3. The number of rotatable bonds is 6. The van der Waals surface area contributed by atoms with Gasteiger partial charge in [-0.15, -0.1) is 0 Å². The molecule has 1 heterocycles. The van der Waals surface area contributed by atoms with E-state index in [0.717, 1.165) is 5.56 Å². The van der Waals surface area contributed by atoms with E-state index >= 15 is 0 Å². The lowest BCUT2D eigenvalue weighted by Crippen LogP contribution is -2.31. The molecule has 29 heavy (non-hydrogen) atoms. The molecule has 1 saturated heterocycles. The number of para-hydroxylation sites is 1. The molecule has 2 amide bonds. The summed E-state index contributed by atoms with van der Waals surface area (Å²) in [6.45, 7) is 0.126. The predicted octanol–water partition coefficient (Wildman–Crippen LogP) is 4.28. The van der Waals surface area contributed by atoms with Gasteiger partial charge in [-0.25, -0.2) is 0 Å². The first-order valence-corrected chi connectivity index (χ1v) is 10.2. The largest absolute Gasteiger partial charge is 0.506 e. The number of nitrogens with one attached hydrogen (secondary N) is 1. The van der Waals surface area contributed by atoms with E-state index < -0.39 is 0 Å². The van der Waals surface area contributed by atoms with Crippen LogP contribution in [-0.4, -0.2) is 39.8 Å². The normalized spacial score (nSPS) is 15.1. The van der Waals surface area contributed by atoms with Crippen LogP contribution in [0.25, 0.3) is 6.08 Å². The molecule has 0 aromatic heterocycles. The molecule has 2 N–H and O–H groups in total. The summed E-state index contributed by atoms with van der Waals surface area (Å²) in [5.74, 6) is -0.0683. The number of hydrogen-bond acceptors (Lipinski definition) is 6. The number of phenols is 1. The number of benzene rings is 2. The van der Waals surface area contributed by atoms with Gasteiger partial charge in [0, 0.05) is 23.6 Å². The van der Waals surface area contributed by atoms with Crippen molar-refractivity contribution in [1.29, 1.82) is 0 Å². The number of methoxy groups -OCH3 is 1. The standard InChI is InChI=1S/C20H17ClN2O4S2/c1-27-16-5-3-2-4-12(16)10-17-19(26)23(20(28)29-17)9-8-18(25)22-14-11-13(21)6-7-15(14)24/h2-7,10-11,24H,8-9H2,1H3,(H,22,25)/b17-10-. The zero-order chi connectivity index (χ0) is 21.0. The lowest BCUT2D eigenvalue weighted by molar-refractivity contribution is -0.122. The molecule has 2 aromatic rings. The SMILES string of the molecule is COc1ccccc1/C=C1\SC(=S)N(CCC(=O)Nc2cc(Cl)ccc2O)C1=O. The van der Waals surface area contributed by atoms with E-state index in [1.54, 1.807) is 13.2 Å². The molecule has 0 unspecified atom stereocenters.